The molecule has 0 spiro atoms. The van der Waals surface area contributed by atoms with E-state index in [9.17, 15) is 4.79 Å². The Labute approximate surface area is 104 Å². The summed E-state index contributed by atoms with van der Waals surface area (Å²) in [5.41, 5.74) is 0. The Hall–Kier alpha value is -0.0365. The van der Waals surface area contributed by atoms with Crippen molar-refractivity contribution in [3.05, 3.63) is 0 Å². The molecule has 94 valence electrons. The Morgan fingerprint density at radius 1 is 0.933 bits per heavy atom. The van der Waals surface area contributed by atoms with Crippen molar-refractivity contribution in [2.45, 2.75) is 65.2 Å². The maximum atomic E-state index is 11.1. The maximum absolute atomic E-state index is 11.1. The van der Waals surface area contributed by atoms with Gasteiger partial charge in [0.15, 0.2) is 0 Å². The molecule has 0 aliphatic carbocycles. The Kier molecular flexibility index (Phi) is 16.2. The van der Waals surface area contributed by atoms with Crippen molar-refractivity contribution in [2.24, 2.45) is 0 Å². The molecule has 0 heterocycles. The van der Waals surface area contributed by atoms with Crippen LogP contribution in [0.25, 0.3) is 0 Å². The summed E-state index contributed by atoms with van der Waals surface area (Å²) in [5.74, 6) is -0.0186. The Bertz CT molecular complexity index is 138. The number of ether oxygens (including phenoxy) is 1. The third-order valence-electron chi connectivity index (χ3n) is 2.25. The molecule has 0 aromatic rings. The zero-order chi connectivity index (χ0) is 10.6. The van der Waals surface area contributed by atoms with Gasteiger partial charge in [0.1, 0.15) is 0 Å². The van der Waals surface area contributed by atoms with Gasteiger partial charge in [-0.15, -0.1) is 0 Å². The molecular weight excluding hydrogens is 235 g/mol. The van der Waals surface area contributed by atoms with Crippen molar-refractivity contribution < 1.29 is 26.0 Å². The second-order valence-corrected chi connectivity index (χ2v) is 3.74. The molecule has 0 rings (SSSR count). The molecule has 3 heteroatoms. The van der Waals surface area contributed by atoms with E-state index in [0.717, 1.165) is 25.7 Å². The maximum Gasteiger partial charge on any atom is 0.305 e. The average Bonchev–Trinajstić information content (AvgIpc) is 2.18. The van der Waals surface area contributed by atoms with Gasteiger partial charge in [0.25, 0.3) is 0 Å². The van der Waals surface area contributed by atoms with Gasteiger partial charge in [-0.1, -0.05) is 46.0 Å². The fourth-order valence-corrected chi connectivity index (χ4v) is 1.28. The minimum absolute atomic E-state index is 0. The Morgan fingerprint density at radius 2 is 1.53 bits per heavy atom. The number of unbranched alkanes of at least 4 members (excludes halogenated alkanes) is 5. The molecule has 0 aliphatic heterocycles. The van der Waals surface area contributed by atoms with Crippen LogP contribution in [0.4, 0.5) is 0 Å². The van der Waals surface area contributed by atoms with Gasteiger partial charge in [-0.3, -0.25) is 4.79 Å². The van der Waals surface area contributed by atoms with Crippen molar-refractivity contribution >= 4 is 5.97 Å². The zero-order valence-electron chi connectivity index (χ0n) is 10.00. The molecule has 0 saturated carbocycles. The van der Waals surface area contributed by atoms with Crippen LogP contribution in [0.5, 0.6) is 0 Å². The average molecular weight is 259 g/mol. The molecule has 2 nitrogen and oxygen atoms in total. The topological polar surface area (TPSA) is 26.3 Å². The number of rotatable bonds is 9. The van der Waals surface area contributed by atoms with Gasteiger partial charge in [0.05, 0.1) is 6.61 Å². The fraction of sp³-hybridized carbons (Fsp3) is 0.917. The van der Waals surface area contributed by atoms with E-state index in [-0.39, 0.29) is 22.5 Å². The molecule has 0 saturated heterocycles. The van der Waals surface area contributed by atoms with Crippen LogP contribution in [0.15, 0.2) is 0 Å². The van der Waals surface area contributed by atoms with E-state index >= 15 is 0 Å². The Balaban J connectivity index is 0. The van der Waals surface area contributed by atoms with E-state index in [1.54, 1.807) is 0 Å². The molecule has 0 amide bonds. The molecule has 0 aromatic carbocycles. The molecular formula is C12H24NiO2. The minimum atomic E-state index is -0.0186. The molecule has 0 aliphatic rings. The van der Waals surface area contributed by atoms with Gasteiger partial charge in [-0.25, -0.2) is 0 Å². The van der Waals surface area contributed by atoms with Crippen molar-refractivity contribution in [1.29, 1.82) is 0 Å². The van der Waals surface area contributed by atoms with E-state index in [0.29, 0.717) is 13.0 Å². The van der Waals surface area contributed by atoms with Gasteiger partial charge >= 0.3 is 5.97 Å². The van der Waals surface area contributed by atoms with Crippen molar-refractivity contribution in [2.75, 3.05) is 6.61 Å². The van der Waals surface area contributed by atoms with E-state index in [4.69, 9.17) is 4.74 Å². The molecule has 0 radical (unpaired) electrons. The van der Waals surface area contributed by atoms with Gasteiger partial charge in [0.2, 0.25) is 0 Å². The third-order valence-corrected chi connectivity index (χ3v) is 2.25. The second-order valence-electron chi connectivity index (χ2n) is 3.74. The first-order chi connectivity index (χ1) is 6.81. The molecule has 15 heavy (non-hydrogen) atoms. The summed E-state index contributed by atoms with van der Waals surface area (Å²) >= 11 is 0. The predicted molar refractivity (Wildman–Crippen MR) is 59.2 cm³/mol. The molecule has 0 bridgehead atoms. The summed E-state index contributed by atoms with van der Waals surface area (Å²) in [6, 6.07) is 0. The summed E-state index contributed by atoms with van der Waals surface area (Å²) in [4.78, 5) is 11.1. The fourth-order valence-electron chi connectivity index (χ4n) is 1.28. The molecule has 0 fully saturated rings. The van der Waals surface area contributed by atoms with E-state index < -0.39 is 0 Å². The van der Waals surface area contributed by atoms with E-state index in [1.807, 2.05) is 0 Å². The zero-order valence-corrected chi connectivity index (χ0v) is 11.0. The van der Waals surface area contributed by atoms with E-state index in [1.165, 1.54) is 19.3 Å². The summed E-state index contributed by atoms with van der Waals surface area (Å²) in [6.07, 6.45) is 8.62. The number of hydrogen-bond donors (Lipinski definition) is 0. The van der Waals surface area contributed by atoms with Crippen LogP contribution < -0.4 is 0 Å². The van der Waals surface area contributed by atoms with Crippen LogP contribution in [-0.2, 0) is 26.0 Å². The SMILES string of the molecule is CCCCCCCC(=O)OCCCC.[Ni]. The van der Waals surface area contributed by atoms with Crippen molar-refractivity contribution in [1.82, 2.24) is 0 Å². The van der Waals surface area contributed by atoms with Gasteiger partial charge < -0.3 is 4.74 Å². The van der Waals surface area contributed by atoms with Crippen molar-refractivity contribution in [3.63, 3.8) is 0 Å². The number of esters is 1. The number of carbonyl (C=O) groups is 1. The van der Waals surface area contributed by atoms with Gasteiger partial charge in [-0.05, 0) is 12.8 Å². The summed E-state index contributed by atoms with van der Waals surface area (Å²) in [6.45, 7) is 4.89. The number of hydrogen-bond acceptors (Lipinski definition) is 2. The first-order valence-electron chi connectivity index (χ1n) is 5.96. The summed E-state index contributed by atoms with van der Waals surface area (Å²) < 4.78 is 5.05. The van der Waals surface area contributed by atoms with E-state index in [2.05, 4.69) is 13.8 Å². The third kappa shape index (κ3) is 14.0. The van der Waals surface area contributed by atoms with Crippen LogP contribution in [0.1, 0.15) is 65.2 Å². The van der Waals surface area contributed by atoms with Crippen LogP contribution in [0, 0.1) is 0 Å². The van der Waals surface area contributed by atoms with Crippen LogP contribution >= 0.6 is 0 Å². The van der Waals surface area contributed by atoms with Crippen molar-refractivity contribution in [3.8, 4) is 0 Å². The Morgan fingerprint density at radius 3 is 2.13 bits per heavy atom. The van der Waals surface area contributed by atoms with Gasteiger partial charge in [0, 0.05) is 22.9 Å². The number of carbonyl (C=O) groups excluding carboxylic acids is 1. The summed E-state index contributed by atoms with van der Waals surface area (Å²) in [7, 11) is 0. The first kappa shape index (κ1) is 17.4. The standard InChI is InChI=1S/C12H24O2.Ni/c1-3-5-7-8-9-10-12(13)14-11-6-4-2;/h3-11H2,1-2H3;. The summed E-state index contributed by atoms with van der Waals surface area (Å²) in [5, 5.41) is 0. The molecule has 0 aromatic heterocycles. The van der Waals surface area contributed by atoms with Crippen LogP contribution in [0.3, 0.4) is 0 Å². The quantitative estimate of drug-likeness (QED) is 0.358. The monoisotopic (exact) mass is 258 g/mol. The first-order valence-corrected chi connectivity index (χ1v) is 5.96. The largest absolute Gasteiger partial charge is 0.466 e. The molecule has 0 atom stereocenters. The molecule has 0 unspecified atom stereocenters. The van der Waals surface area contributed by atoms with Crippen LogP contribution in [0.2, 0.25) is 0 Å². The minimum Gasteiger partial charge on any atom is -0.466 e. The predicted octanol–water partition coefficient (Wildman–Crippen LogP) is 3.69. The van der Waals surface area contributed by atoms with Gasteiger partial charge in [-0.2, -0.15) is 0 Å². The normalized spacial score (nSPS) is 9.47. The molecule has 0 N–H and O–H groups in total. The smallest absolute Gasteiger partial charge is 0.305 e. The second kappa shape index (κ2) is 14.0. The van der Waals surface area contributed by atoms with Crippen LogP contribution in [-0.4, -0.2) is 12.6 Å².